The monoisotopic (exact) mass is 539 g/mol. The molecule has 1 saturated carbocycles. The molecule has 2 amide bonds. The summed E-state index contributed by atoms with van der Waals surface area (Å²) in [5, 5.41) is 7.12. The van der Waals surface area contributed by atoms with Crippen LogP contribution in [-0.2, 0) is 4.79 Å². The van der Waals surface area contributed by atoms with Crippen molar-refractivity contribution in [3.05, 3.63) is 47.2 Å². The summed E-state index contributed by atoms with van der Waals surface area (Å²) in [4.78, 5) is 31.0. The molecule has 2 aliphatic heterocycles. The van der Waals surface area contributed by atoms with Gasteiger partial charge in [-0.25, -0.2) is 0 Å². The van der Waals surface area contributed by atoms with Gasteiger partial charge >= 0.3 is 0 Å². The molecule has 38 heavy (non-hydrogen) atoms. The molecule has 1 aromatic carbocycles. The van der Waals surface area contributed by atoms with Crippen LogP contribution in [0.1, 0.15) is 67.9 Å². The maximum absolute atomic E-state index is 13.5. The largest absolute Gasteiger partial charge is 0.352 e. The van der Waals surface area contributed by atoms with Crippen LogP contribution in [0.3, 0.4) is 0 Å². The summed E-state index contributed by atoms with van der Waals surface area (Å²) in [6, 6.07) is 10.3. The summed E-state index contributed by atoms with van der Waals surface area (Å²) >= 11 is 6.21. The maximum atomic E-state index is 13.5. The Balaban J connectivity index is 1.26. The number of rotatable bonds is 8. The van der Waals surface area contributed by atoms with Gasteiger partial charge in [0.1, 0.15) is 5.69 Å². The fourth-order valence-corrected chi connectivity index (χ4v) is 6.77. The number of fused-ring (bicyclic) bond motifs is 1. The van der Waals surface area contributed by atoms with Crippen molar-refractivity contribution < 1.29 is 9.59 Å². The highest BCUT2D eigenvalue weighted by atomic mass is 35.5. The van der Waals surface area contributed by atoms with Gasteiger partial charge in [0.2, 0.25) is 5.91 Å². The van der Waals surface area contributed by atoms with E-state index in [0.717, 1.165) is 30.8 Å². The first-order valence-corrected chi connectivity index (χ1v) is 14.7. The Hall–Kier alpha value is -2.35. The Morgan fingerprint density at radius 2 is 1.87 bits per heavy atom. The lowest BCUT2D eigenvalue weighted by Gasteiger charge is -2.39. The number of likely N-dealkylation sites (tertiary alicyclic amines) is 1. The summed E-state index contributed by atoms with van der Waals surface area (Å²) in [7, 11) is 4.35. The molecule has 1 aliphatic carbocycles. The van der Waals surface area contributed by atoms with E-state index < -0.39 is 0 Å². The Kier molecular flexibility index (Phi) is 8.76. The van der Waals surface area contributed by atoms with Crippen LogP contribution in [0.5, 0.6) is 0 Å². The normalized spacial score (nSPS) is 22.2. The van der Waals surface area contributed by atoms with Gasteiger partial charge in [0, 0.05) is 48.4 Å². The molecule has 8 heteroatoms. The van der Waals surface area contributed by atoms with Crippen LogP contribution in [0.4, 0.5) is 0 Å². The van der Waals surface area contributed by atoms with Crippen molar-refractivity contribution in [1.29, 1.82) is 0 Å². The minimum Gasteiger partial charge on any atom is -0.352 e. The SMILES string of the molecule is CN(C)C1CCN(C[C@@H](NC(=O)C[C@H]2CNC(=O)c3cc(-c4cccc(Cl)c4)cn32)C2CCCCC2)CC1. The number of halogens is 1. The van der Waals surface area contributed by atoms with Crippen LogP contribution in [0.2, 0.25) is 5.02 Å². The topological polar surface area (TPSA) is 69.6 Å². The minimum absolute atomic E-state index is 0.0776. The van der Waals surface area contributed by atoms with Gasteiger partial charge in [-0.1, -0.05) is 43.0 Å². The molecule has 0 radical (unpaired) electrons. The van der Waals surface area contributed by atoms with Crippen molar-refractivity contribution in [2.24, 2.45) is 5.92 Å². The van der Waals surface area contributed by atoms with Crippen LogP contribution in [0.25, 0.3) is 11.1 Å². The van der Waals surface area contributed by atoms with Gasteiger partial charge in [-0.3, -0.25) is 9.59 Å². The predicted molar refractivity (Wildman–Crippen MR) is 153 cm³/mol. The van der Waals surface area contributed by atoms with Crippen molar-refractivity contribution in [2.75, 3.05) is 40.3 Å². The number of hydrogen-bond acceptors (Lipinski definition) is 4. The van der Waals surface area contributed by atoms with Crippen LogP contribution >= 0.6 is 11.6 Å². The molecule has 1 aromatic heterocycles. The Morgan fingerprint density at radius 1 is 1.11 bits per heavy atom. The van der Waals surface area contributed by atoms with Gasteiger partial charge in [0.15, 0.2) is 0 Å². The molecule has 2 fully saturated rings. The standard InChI is InChI=1S/C30H42ClN5O2/c1-34(2)25-11-13-35(14-12-25)20-27(21-7-4-3-5-8-21)33-29(37)17-26-18-32-30(38)28-16-23(19-36(26)28)22-9-6-10-24(31)15-22/h6,9-10,15-16,19,21,25-27H,3-5,7-8,11-14,17-18,20H2,1-2H3,(H,32,38)(H,33,37)/t26-,27+/m0/s1. The number of nitrogens with one attached hydrogen (secondary N) is 2. The summed E-state index contributed by atoms with van der Waals surface area (Å²) in [6.07, 6.45) is 10.9. The molecule has 0 bridgehead atoms. The Labute approximate surface area is 231 Å². The van der Waals surface area contributed by atoms with Crippen LogP contribution in [0, 0.1) is 5.92 Å². The zero-order valence-corrected chi connectivity index (χ0v) is 23.6. The van der Waals surface area contributed by atoms with Crippen molar-refractivity contribution in [3.63, 3.8) is 0 Å². The van der Waals surface area contributed by atoms with Crippen LogP contribution in [0.15, 0.2) is 36.5 Å². The number of benzene rings is 1. The van der Waals surface area contributed by atoms with E-state index in [4.69, 9.17) is 11.6 Å². The minimum atomic E-state index is -0.113. The summed E-state index contributed by atoms with van der Waals surface area (Å²) in [6.45, 7) is 3.58. The fourth-order valence-electron chi connectivity index (χ4n) is 6.58. The lowest BCUT2D eigenvalue weighted by atomic mass is 9.83. The average molecular weight is 540 g/mol. The number of amides is 2. The van der Waals surface area contributed by atoms with Gasteiger partial charge in [0.25, 0.3) is 5.91 Å². The number of hydrogen-bond donors (Lipinski definition) is 2. The van der Waals surface area contributed by atoms with Crippen LogP contribution in [-0.4, -0.2) is 78.5 Å². The molecule has 2 N–H and O–H groups in total. The molecule has 1 saturated heterocycles. The highest BCUT2D eigenvalue weighted by Gasteiger charge is 2.32. The lowest BCUT2D eigenvalue weighted by Crippen LogP contribution is -2.52. The summed E-state index contributed by atoms with van der Waals surface area (Å²) in [5.41, 5.74) is 2.49. The van der Waals surface area contributed by atoms with E-state index in [-0.39, 0.29) is 23.9 Å². The number of carbonyl (C=O) groups excluding carboxylic acids is 2. The molecule has 7 nitrogen and oxygen atoms in total. The van der Waals surface area contributed by atoms with Gasteiger partial charge < -0.3 is 25.0 Å². The first kappa shape index (κ1) is 27.2. The fraction of sp³-hybridized carbons (Fsp3) is 0.600. The average Bonchev–Trinajstić information content (AvgIpc) is 3.38. The number of carbonyl (C=O) groups is 2. The van der Waals surface area contributed by atoms with Crippen molar-refractivity contribution in [2.45, 2.75) is 69.5 Å². The summed E-state index contributed by atoms with van der Waals surface area (Å²) in [5.74, 6) is 0.520. The molecule has 3 heterocycles. The first-order valence-electron chi connectivity index (χ1n) is 14.3. The number of nitrogens with zero attached hydrogens (tertiary/aromatic N) is 3. The molecule has 206 valence electrons. The van der Waals surface area contributed by atoms with Crippen molar-refractivity contribution >= 4 is 23.4 Å². The second kappa shape index (κ2) is 12.2. The van der Waals surface area contributed by atoms with E-state index in [1.54, 1.807) is 0 Å². The zero-order valence-electron chi connectivity index (χ0n) is 22.8. The highest BCUT2D eigenvalue weighted by Crippen LogP contribution is 2.31. The third kappa shape index (κ3) is 6.44. The van der Waals surface area contributed by atoms with Crippen molar-refractivity contribution in [3.8, 4) is 11.1 Å². The molecule has 5 rings (SSSR count). The molecule has 2 aromatic rings. The lowest BCUT2D eigenvalue weighted by molar-refractivity contribution is -0.123. The van der Waals surface area contributed by atoms with Gasteiger partial charge in [-0.15, -0.1) is 0 Å². The zero-order chi connectivity index (χ0) is 26.6. The molecule has 0 unspecified atom stereocenters. The maximum Gasteiger partial charge on any atom is 0.268 e. The second-order valence-corrected chi connectivity index (χ2v) is 12.1. The quantitative estimate of drug-likeness (QED) is 0.515. The van der Waals surface area contributed by atoms with Crippen LogP contribution < -0.4 is 10.6 Å². The van der Waals surface area contributed by atoms with E-state index in [9.17, 15) is 9.59 Å². The predicted octanol–water partition coefficient (Wildman–Crippen LogP) is 4.57. The summed E-state index contributed by atoms with van der Waals surface area (Å²) < 4.78 is 1.98. The smallest absolute Gasteiger partial charge is 0.268 e. The van der Waals surface area contributed by atoms with E-state index in [2.05, 4.69) is 34.5 Å². The molecule has 3 aliphatic rings. The van der Waals surface area contributed by atoms with Crippen molar-refractivity contribution in [1.82, 2.24) is 25.0 Å². The second-order valence-electron chi connectivity index (χ2n) is 11.7. The molecule has 2 atom stereocenters. The first-order chi connectivity index (χ1) is 18.4. The van der Waals surface area contributed by atoms with E-state index in [0.29, 0.717) is 35.6 Å². The van der Waals surface area contributed by atoms with Gasteiger partial charge in [0.05, 0.1) is 6.04 Å². The number of piperidine rings is 1. The number of aromatic nitrogens is 1. The molecule has 0 spiro atoms. The van der Waals surface area contributed by atoms with Gasteiger partial charge in [-0.05, 0) is 82.5 Å². The van der Waals surface area contributed by atoms with Gasteiger partial charge in [-0.2, -0.15) is 0 Å². The van der Waals surface area contributed by atoms with E-state index in [1.807, 2.05) is 41.1 Å². The Morgan fingerprint density at radius 3 is 2.58 bits per heavy atom. The van der Waals surface area contributed by atoms with E-state index >= 15 is 0 Å². The molecular weight excluding hydrogens is 498 g/mol. The highest BCUT2D eigenvalue weighted by molar-refractivity contribution is 6.30. The third-order valence-electron chi connectivity index (χ3n) is 8.86. The molecular formula is C30H42ClN5O2. The third-order valence-corrected chi connectivity index (χ3v) is 9.09. The Bertz CT molecular complexity index is 1120. The van der Waals surface area contributed by atoms with E-state index in [1.165, 1.54) is 44.9 Å².